The highest BCUT2D eigenvalue weighted by atomic mass is 32.2. The molecule has 2 fully saturated rings. The molecule has 2 amide bonds. The maximum absolute atomic E-state index is 14.0. The fourth-order valence-electron chi connectivity index (χ4n) is 4.17. The number of piperidine rings is 1. The third kappa shape index (κ3) is 4.86. The second kappa shape index (κ2) is 9.83. The SMILES string of the molecule is O=C(NCc1cccnc1N1CCCCC1)N1CCN(S(=O)(=O)c2ccccc2F)CC1. The van der Waals surface area contributed by atoms with Gasteiger partial charge in [-0.2, -0.15) is 4.31 Å². The van der Waals surface area contributed by atoms with Gasteiger partial charge in [0.1, 0.15) is 16.5 Å². The number of carbonyl (C=O) groups excluding carboxylic acids is 1. The van der Waals surface area contributed by atoms with E-state index in [9.17, 15) is 17.6 Å². The number of pyridine rings is 1. The molecule has 0 saturated carbocycles. The van der Waals surface area contributed by atoms with Crippen LogP contribution in [0.2, 0.25) is 0 Å². The van der Waals surface area contributed by atoms with E-state index in [1.165, 1.54) is 28.9 Å². The number of carbonyl (C=O) groups is 1. The normalized spacial score (nSPS) is 17.9. The van der Waals surface area contributed by atoms with Gasteiger partial charge in [-0.3, -0.25) is 0 Å². The van der Waals surface area contributed by atoms with Gasteiger partial charge in [-0.1, -0.05) is 18.2 Å². The zero-order valence-electron chi connectivity index (χ0n) is 17.9. The van der Waals surface area contributed by atoms with Gasteiger partial charge in [0.2, 0.25) is 10.0 Å². The molecule has 2 saturated heterocycles. The highest BCUT2D eigenvalue weighted by molar-refractivity contribution is 7.89. The quantitative estimate of drug-likeness (QED) is 0.739. The summed E-state index contributed by atoms with van der Waals surface area (Å²) < 4.78 is 40.7. The average Bonchev–Trinajstić information content (AvgIpc) is 2.83. The van der Waals surface area contributed by atoms with Crippen LogP contribution in [0.5, 0.6) is 0 Å². The summed E-state index contributed by atoms with van der Waals surface area (Å²) >= 11 is 0. The molecular weight excluding hydrogens is 433 g/mol. The Balaban J connectivity index is 1.33. The topological polar surface area (TPSA) is 85.8 Å². The van der Waals surface area contributed by atoms with Crippen molar-refractivity contribution in [2.75, 3.05) is 44.2 Å². The molecule has 2 aliphatic rings. The first-order valence-electron chi connectivity index (χ1n) is 10.9. The van der Waals surface area contributed by atoms with Gasteiger partial charge in [0, 0.05) is 57.6 Å². The predicted molar refractivity (Wildman–Crippen MR) is 119 cm³/mol. The Morgan fingerprint density at radius 3 is 2.41 bits per heavy atom. The van der Waals surface area contributed by atoms with E-state index in [2.05, 4.69) is 15.2 Å². The monoisotopic (exact) mass is 461 g/mol. The maximum atomic E-state index is 14.0. The van der Waals surface area contributed by atoms with Crippen molar-refractivity contribution >= 4 is 21.9 Å². The van der Waals surface area contributed by atoms with E-state index < -0.39 is 15.8 Å². The number of anilines is 1. The van der Waals surface area contributed by atoms with E-state index in [0.717, 1.165) is 43.4 Å². The second-order valence-corrected chi connectivity index (χ2v) is 9.92. The third-order valence-electron chi connectivity index (χ3n) is 5.93. The lowest BCUT2D eigenvalue weighted by molar-refractivity contribution is 0.172. The van der Waals surface area contributed by atoms with Crippen LogP contribution in [0.15, 0.2) is 47.5 Å². The molecule has 1 aromatic carbocycles. The standard InChI is InChI=1S/C22H28FN5O3S/c23-19-8-2-3-9-20(19)32(30,31)28-15-13-27(14-16-28)22(29)25-17-18-7-6-10-24-21(18)26-11-4-1-5-12-26/h2-3,6-10H,1,4-5,11-17H2,(H,25,29). The summed E-state index contributed by atoms with van der Waals surface area (Å²) in [5.41, 5.74) is 0.962. The summed E-state index contributed by atoms with van der Waals surface area (Å²) in [5, 5.41) is 2.93. The molecule has 1 N–H and O–H groups in total. The van der Waals surface area contributed by atoms with Crippen molar-refractivity contribution in [3.63, 3.8) is 0 Å². The number of urea groups is 1. The second-order valence-electron chi connectivity index (χ2n) is 8.01. The van der Waals surface area contributed by atoms with Crippen molar-refractivity contribution in [3.8, 4) is 0 Å². The van der Waals surface area contributed by atoms with E-state index in [1.54, 1.807) is 11.1 Å². The Kier molecular flexibility index (Phi) is 6.90. The molecule has 0 spiro atoms. The number of amides is 2. The van der Waals surface area contributed by atoms with Crippen molar-refractivity contribution in [2.45, 2.75) is 30.7 Å². The van der Waals surface area contributed by atoms with E-state index >= 15 is 0 Å². The van der Waals surface area contributed by atoms with Crippen molar-refractivity contribution < 1.29 is 17.6 Å². The lowest BCUT2D eigenvalue weighted by atomic mass is 10.1. The van der Waals surface area contributed by atoms with Crippen LogP contribution < -0.4 is 10.2 Å². The van der Waals surface area contributed by atoms with Crippen LogP contribution in [-0.4, -0.2) is 67.9 Å². The molecule has 0 atom stereocenters. The molecule has 32 heavy (non-hydrogen) atoms. The smallest absolute Gasteiger partial charge is 0.317 e. The predicted octanol–water partition coefficient (Wildman–Crippen LogP) is 2.43. The fraction of sp³-hybridized carbons (Fsp3) is 0.455. The minimum atomic E-state index is -3.93. The van der Waals surface area contributed by atoms with Crippen molar-refractivity contribution in [3.05, 3.63) is 54.0 Å². The van der Waals surface area contributed by atoms with Gasteiger partial charge in [-0.25, -0.2) is 22.6 Å². The van der Waals surface area contributed by atoms with Crippen LogP contribution in [-0.2, 0) is 16.6 Å². The molecule has 0 aliphatic carbocycles. The summed E-state index contributed by atoms with van der Waals surface area (Å²) in [6, 6.07) is 8.93. The van der Waals surface area contributed by atoms with Gasteiger partial charge < -0.3 is 15.1 Å². The number of nitrogens with zero attached hydrogens (tertiary/aromatic N) is 4. The van der Waals surface area contributed by atoms with E-state index in [1.807, 2.05) is 12.1 Å². The highest BCUT2D eigenvalue weighted by Crippen LogP contribution is 2.22. The van der Waals surface area contributed by atoms with Crippen LogP contribution in [0, 0.1) is 5.82 Å². The number of piperazine rings is 1. The Morgan fingerprint density at radius 1 is 0.969 bits per heavy atom. The molecule has 8 nitrogen and oxygen atoms in total. The molecule has 4 rings (SSSR count). The average molecular weight is 462 g/mol. The molecule has 1 aromatic heterocycles. The van der Waals surface area contributed by atoms with Crippen LogP contribution >= 0.6 is 0 Å². The molecule has 172 valence electrons. The Hall–Kier alpha value is -2.72. The van der Waals surface area contributed by atoms with Crippen molar-refractivity contribution in [2.24, 2.45) is 0 Å². The lowest BCUT2D eigenvalue weighted by Gasteiger charge is -2.34. The van der Waals surface area contributed by atoms with E-state index in [0.29, 0.717) is 6.54 Å². The Bertz CT molecular complexity index is 1050. The Labute approximate surface area is 188 Å². The highest BCUT2D eigenvalue weighted by Gasteiger charge is 2.31. The lowest BCUT2D eigenvalue weighted by Crippen LogP contribution is -2.53. The van der Waals surface area contributed by atoms with Gasteiger partial charge in [0.15, 0.2) is 0 Å². The molecule has 10 heteroatoms. The summed E-state index contributed by atoms with van der Waals surface area (Å²) in [5.74, 6) is 0.141. The van der Waals surface area contributed by atoms with Crippen LogP contribution in [0.4, 0.5) is 15.0 Å². The Morgan fingerprint density at radius 2 is 1.69 bits per heavy atom. The first kappa shape index (κ1) is 22.5. The summed E-state index contributed by atoms with van der Waals surface area (Å²) in [6.45, 7) is 3.02. The van der Waals surface area contributed by atoms with E-state index in [4.69, 9.17) is 0 Å². The van der Waals surface area contributed by atoms with E-state index in [-0.39, 0.29) is 37.1 Å². The minimum absolute atomic E-state index is 0.121. The van der Waals surface area contributed by atoms with Crippen molar-refractivity contribution in [1.82, 2.24) is 19.5 Å². The summed E-state index contributed by atoms with van der Waals surface area (Å²) in [4.78, 5) is 20.7. The first-order chi connectivity index (χ1) is 15.5. The minimum Gasteiger partial charge on any atom is -0.356 e. The zero-order valence-corrected chi connectivity index (χ0v) is 18.7. The van der Waals surface area contributed by atoms with Gasteiger partial charge in [0.25, 0.3) is 0 Å². The summed E-state index contributed by atoms with van der Waals surface area (Å²) in [6.07, 6.45) is 5.28. The molecule has 0 unspecified atom stereocenters. The number of aromatic nitrogens is 1. The van der Waals surface area contributed by atoms with Crippen LogP contribution in [0.25, 0.3) is 0 Å². The maximum Gasteiger partial charge on any atom is 0.317 e. The van der Waals surface area contributed by atoms with Gasteiger partial charge in [-0.15, -0.1) is 0 Å². The molecule has 0 bridgehead atoms. The molecule has 3 heterocycles. The number of nitrogens with one attached hydrogen (secondary N) is 1. The third-order valence-corrected chi connectivity index (χ3v) is 7.87. The van der Waals surface area contributed by atoms with Gasteiger partial charge in [0.05, 0.1) is 0 Å². The van der Waals surface area contributed by atoms with Crippen LogP contribution in [0.1, 0.15) is 24.8 Å². The van der Waals surface area contributed by atoms with Gasteiger partial charge >= 0.3 is 6.03 Å². The number of benzene rings is 1. The number of sulfonamides is 1. The number of halogens is 1. The molecule has 2 aromatic rings. The first-order valence-corrected chi connectivity index (χ1v) is 12.4. The number of rotatable bonds is 5. The van der Waals surface area contributed by atoms with Crippen LogP contribution in [0.3, 0.4) is 0 Å². The zero-order chi connectivity index (χ0) is 22.6. The molecule has 2 aliphatic heterocycles. The molecule has 0 radical (unpaired) electrons. The summed E-state index contributed by atoms with van der Waals surface area (Å²) in [7, 11) is -3.93. The van der Waals surface area contributed by atoms with Gasteiger partial charge in [-0.05, 0) is 37.5 Å². The van der Waals surface area contributed by atoms with Crippen molar-refractivity contribution in [1.29, 1.82) is 0 Å². The molecular formula is C22H28FN5O3S. The largest absolute Gasteiger partial charge is 0.356 e. The fourth-order valence-corrected chi connectivity index (χ4v) is 5.65. The number of hydrogen-bond donors (Lipinski definition) is 1. The number of hydrogen-bond acceptors (Lipinski definition) is 5.